The summed E-state index contributed by atoms with van der Waals surface area (Å²) in [6.07, 6.45) is 0.509. The lowest BCUT2D eigenvalue weighted by molar-refractivity contribution is -0.137. The summed E-state index contributed by atoms with van der Waals surface area (Å²) in [4.78, 5) is 42.0. The van der Waals surface area contributed by atoms with Gasteiger partial charge in [0.1, 0.15) is 22.1 Å². The smallest absolute Gasteiger partial charge is 0.278 e. The van der Waals surface area contributed by atoms with Gasteiger partial charge in [-0.2, -0.15) is 0 Å². The maximum atomic E-state index is 13.4. The van der Waals surface area contributed by atoms with Crippen LogP contribution in [0, 0.1) is 0 Å². The van der Waals surface area contributed by atoms with Crippen molar-refractivity contribution in [3.05, 3.63) is 75.5 Å². The number of thioether (sulfide) groups is 1. The van der Waals surface area contributed by atoms with Gasteiger partial charge in [-0.15, -0.1) is 11.3 Å². The lowest BCUT2D eigenvalue weighted by Gasteiger charge is -2.15. The third kappa shape index (κ3) is 6.18. The van der Waals surface area contributed by atoms with E-state index in [-0.39, 0.29) is 23.1 Å². The van der Waals surface area contributed by atoms with Crippen molar-refractivity contribution >= 4 is 52.2 Å². The molecule has 38 heavy (non-hydrogen) atoms. The predicted octanol–water partition coefficient (Wildman–Crippen LogP) is 4.84. The van der Waals surface area contributed by atoms with Crippen LogP contribution in [0.3, 0.4) is 0 Å². The number of hydrogen-bond acceptors (Lipinski definition) is 9. The van der Waals surface area contributed by atoms with Crippen LogP contribution in [-0.2, 0) is 14.3 Å². The summed E-state index contributed by atoms with van der Waals surface area (Å²) in [5.74, 6) is -0.00975. The molecule has 2 N–H and O–H groups in total. The fourth-order valence-corrected chi connectivity index (χ4v) is 5.35. The first-order valence-corrected chi connectivity index (χ1v) is 13.4. The summed E-state index contributed by atoms with van der Waals surface area (Å²) in [6, 6.07) is 15.8. The summed E-state index contributed by atoms with van der Waals surface area (Å²) in [6.45, 7) is 0.637. The molecule has 198 valence electrons. The normalized spacial score (nSPS) is 13.2. The molecule has 11 heteroatoms. The van der Waals surface area contributed by atoms with E-state index < -0.39 is 11.8 Å². The molecule has 1 aromatic heterocycles. The fourth-order valence-electron chi connectivity index (χ4n) is 3.72. The van der Waals surface area contributed by atoms with Gasteiger partial charge in [0.25, 0.3) is 17.7 Å². The number of amides is 3. The van der Waals surface area contributed by atoms with Crippen molar-refractivity contribution < 1.29 is 28.6 Å². The molecule has 2 aromatic carbocycles. The van der Waals surface area contributed by atoms with Crippen LogP contribution < -0.4 is 20.1 Å². The van der Waals surface area contributed by atoms with E-state index in [0.717, 1.165) is 11.8 Å². The molecule has 3 amide bonds. The number of carbonyl (C=O) groups excluding carboxylic acids is 3. The second kappa shape index (κ2) is 12.6. The Labute approximate surface area is 228 Å². The minimum Gasteiger partial charge on any atom is -0.497 e. The number of ether oxygens (including phenoxy) is 3. The zero-order valence-corrected chi connectivity index (χ0v) is 22.7. The highest BCUT2D eigenvalue weighted by atomic mass is 32.2. The molecule has 1 aliphatic rings. The van der Waals surface area contributed by atoms with Crippen LogP contribution in [-0.4, -0.2) is 57.1 Å². The molecule has 0 atom stereocenters. The number of rotatable bonds is 12. The van der Waals surface area contributed by atoms with Gasteiger partial charge >= 0.3 is 0 Å². The number of hydrogen-bond donors (Lipinski definition) is 2. The molecule has 0 saturated heterocycles. The molecule has 3 aromatic rings. The number of carbonyl (C=O) groups is 3. The molecule has 0 saturated carbocycles. The van der Waals surface area contributed by atoms with Crippen molar-refractivity contribution in [3.8, 4) is 11.5 Å². The van der Waals surface area contributed by atoms with Crippen molar-refractivity contribution in [2.75, 3.05) is 45.1 Å². The topological polar surface area (TPSA) is 106 Å². The van der Waals surface area contributed by atoms with Gasteiger partial charge in [0, 0.05) is 36.9 Å². The second-order valence-electron chi connectivity index (χ2n) is 8.06. The molecular formula is C27H27N3O6S2. The van der Waals surface area contributed by atoms with E-state index in [0.29, 0.717) is 45.7 Å². The van der Waals surface area contributed by atoms with Crippen LogP contribution in [0.1, 0.15) is 16.1 Å². The Kier molecular flexibility index (Phi) is 9.06. The van der Waals surface area contributed by atoms with Gasteiger partial charge < -0.3 is 24.8 Å². The summed E-state index contributed by atoms with van der Waals surface area (Å²) >= 11 is 2.50. The predicted molar refractivity (Wildman–Crippen MR) is 148 cm³/mol. The molecule has 0 fully saturated rings. The van der Waals surface area contributed by atoms with Crippen molar-refractivity contribution in [2.24, 2.45) is 0 Å². The Morgan fingerprint density at radius 2 is 1.84 bits per heavy atom. The van der Waals surface area contributed by atoms with Crippen LogP contribution in [0.2, 0.25) is 0 Å². The van der Waals surface area contributed by atoms with E-state index in [2.05, 4.69) is 10.6 Å². The van der Waals surface area contributed by atoms with E-state index in [4.69, 9.17) is 14.2 Å². The zero-order chi connectivity index (χ0) is 27.1. The number of methoxy groups -OCH3 is 3. The summed E-state index contributed by atoms with van der Waals surface area (Å²) in [7, 11) is 4.63. The Morgan fingerprint density at radius 3 is 2.55 bits per heavy atom. The number of anilines is 2. The van der Waals surface area contributed by atoms with Crippen molar-refractivity contribution in [1.29, 1.82) is 0 Å². The fraction of sp³-hybridized carbons (Fsp3) is 0.222. The molecule has 4 rings (SSSR count). The minimum atomic E-state index is -0.436. The Hall–Kier alpha value is -3.80. The molecule has 9 nitrogen and oxygen atoms in total. The van der Waals surface area contributed by atoms with Gasteiger partial charge in [0.05, 0.1) is 24.8 Å². The average Bonchev–Trinajstić information content (AvgIpc) is 3.54. The lowest BCUT2D eigenvalue weighted by Crippen LogP contribution is -2.33. The van der Waals surface area contributed by atoms with E-state index in [1.54, 1.807) is 56.7 Å². The number of thiophene rings is 1. The first-order chi connectivity index (χ1) is 18.4. The van der Waals surface area contributed by atoms with Gasteiger partial charge in [-0.3, -0.25) is 19.3 Å². The number of benzene rings is 2. The molecule has 0 bridgehead atoms. The SMILES string of the molecule is COCCCN1C(=O)C(Nc2ccc(OC)cc2OC)=C(Sc2cccc(NC(=O)c3cccs3)c2)C1=O. The second-order valence-corrected chi connectivity index (χ2v) is 10.1. The molecule has 0 spiro atoms. The Morgan fingerprint density at radius 1 is 1.00 bits per heavy atom. The van der Waals surface area contributed by atoms with E-state index in [1.165, 1.54) is 23.3 Å². The highest BCUT2D eigenvalue weighted by molar-refractivity contribution is 8.04. The number of nitrogens with one attached hydrogen (secondary N) is 2. The van der Waals surface area contributed by atoms with Crippen LogP contribution >= 0.6 is 23.1 Å². The minimum absolute atomic E-state index is 0.147. The van der Waals surface area contributed by atoms with Gasteiger partial charge in [-0.1, -0.05) is 23.9 Å². The molecule has 0 radical (unpaired) electrons. The van der Waals surface area contributed by atoms with E-state index >= 15 is 0 Å². The van der Waals surface area contributed by atoms with E-state index in [1.807, 2.05) is 17.5 Å². The summed E-state index contributed by atoms with van der Waals surface area (Å²) in [5, 5.41) is 7.82. The summed E-state index contributed by atoms with van der Waals surface area (Å²) in [5.41, 5.74) is 1.24. The van der Waals surface area contributed by atoms with Gasteiger partial charge in [0.15, 0.2) is 0 Å². The van der Waals surface area contributed by atoms with Crippen LogP contribution in [0.15, 0.2) is 75.5 Å². The standard InChI is InChI=1S/C27H27N3O6S2/c1-34-13-6-12-30-26(32)23(29-20-11-10-18(35-2)16-21(20)36-3)24(27(30)33)38-19-8-4-7-17(15-19)28-25(31)22-9-5-14-37-22/h4-5,7-11,14-16,29H,6,12-13H2,1-3H3,(H,28,31). The number of nitrogens with zero attached hydrogens (tertiary/aromatic N) is 1. The first kappa shape index (κ1) is 27.2. The molecule has 0 aliphatic carbocycles. The quantitative estimate of drug-likeness (QED) is 0.243. The third-order valence-corrected chi connectivity index (χ3v) is 7.52. The monoisotopic (exact) mass is 553 g/mol. The highest BCUT2D eigenvalue weighted by Crippen LogP contribution is 2.38. The summed E-state index contributed by atoms with van der Waals surface area (Å²) < 4.78 is 15.8. The van der Waals surface area contributed by atoms with Crippen molar-refractivity contribution in [2.45, 2.75) is 11.3 Å². The molecule has 0 unspecified atom stereocenters. The Bertz CT molecular complexity index is 1360. The van der Waals surface area contributed by atoms with Gasteiger partial charge in [-0.05, 0) is 48.2 Å². The lowest BCUT2D eigenvalue weighted by atomic mass is 10.2. The molecular weight excluding hydrogens is 526 g/mol. The highest BCUT2D eigenvalue weighted by Gasteiger charge is 2.39. The maximum absolute atomic E-state index is 13.4. The largest absolute Gasteiger partial charge is 0.497 e. The van der Waals surface area contributed by atoms with Crippen LogP contribution in [0.25, 0.3) is 0 Å². The Balaban J connectivity index is 1.63. The molecule has 2 heterocycles. The first-order valence-electron chi connectivity index (χ1n) is 11.7. The van der Waals surface area contributed by atoms with Crippen molar-refractivity contribution in [1.82, 2.24) is 4.90 Å². The average molecular weight is 554 g/mol. The van der Waals surface area contributed by atoms with Crippen molar-refractivity contribution in [3.63, 3.8) is 0 Å². The zero-order valence-electron chi connectivity index (χ0n) is 21.1. The molecule has 1 aliphatic heterocycles. The number of imide groups is 1. The third-order valence-electron chi connectivity index (χ3n) is 5.58. The van der Waals surface area contributed by atoms with Gasteiger partial charge in [-0.25, -0.2) is 0 Å². The van der Waals surface area contributed by atoms with Gasteiger partial charge in [0.2, 0.25) is 0 Å². The van der Waals surface area contributed by atoms with Crippen LogP contribution in [0.5, 0.6) is 11.5 Å². The van der Waals surface area contributed by atoms with Crippen LogP contribution in [0.4, 0.5) is 11.4 Å². The maximum Gasteiger partial charge on any atom is 0.278 e. The van der Waals surface area contributed by atoms with E-state index in [9.17, 15) is 14.4 Å².